The monoisotopic (exact) mass is 640 g/mol. The quantitative estimate of drug-likeness (QED) is 0.184. The zero-order chi connectivity index (χ0) is 32.5. The predicted molar refractivity (Wildman–Crippen MR) is 205 cm³/mol. The third-order valence-corrected chi connectivity index (χ3v) is 13.6. The highest BCUT2D eigenvalue weighted by atomic mass is 32.1. The van der Waals surface area contributed by atoms with Gasteiger partial charge in [-0.25, -0.2) is 4.98 Å². The van der Waals surface area contributed by atoms with Gasteiger partial charge < -0.3 is 0 Å². The summed E-state index contributed by atoms with van der Waals surface area (Å²) in [5, 5.41) is 2.63. The molecule has 0 N–H and O–H groups in total. The van der Waals surface area contributed by atoms with Crippen LogP contribution in [0.2, 0.25) is 0 Å². The Balaban J connectivity index is 1.34. The fourth-order valence-corrected chi connectivity index (χ4v) is 11.6. The fraction of sp³-hybridized carbons (Fsp3) is 0.267. The molecular formula is C45H40N2S. The molecule has 5 atom stereocenters. The first-order valence-electron chi connectivity index (χ1n) is 17.6. The van der Waals surface area contributed by atoms with Crippen molar-refractivity contribution in [3.8, 4) is 16.9 Å². The minimum absolute atomic E-state index is 0.00964. The van der Waals surface area contributed by atoms with Crippen LogP contribution >= 0.6 is 11.3 Å². The number of allylic oxidation sites excluding steroid dienone is 6. The third-order valence-electron chi connectivity index (χ3n) is 12.4. The number of hydrogen-bond acceptors (Lipinski definition) is 2. The van der Waals surface area contributed by atoms with E-state index in [1.54, 1.807) is 5.57 Å². The zero-order valence-corrected chi connectivity index (χ0v) is 29.1. The van der Waals surface area contributed by atoms with Gasteiger partial charge >= 0.3 is 0 Å². The Hall–Kier alpha value is -4.47. The molecule has 3 heteroatoms. The maximum atomic E-state index is 5.63. The van der Waals surface area contributed by atoms with Gasteiger partial charge in [-0.15, -0.1) is 11.3 Å². The smallest absolute Gasteiger partial charge is 0.138 e. The van der Waals surface area contributed by atoms with Gasteiger partial charge in [0.2, 0.25) is 0 Å². The molecule has 10 rings (SSSR count). The van der Waals surface area contributed by atoms with E-state index in [4.69, 9.17) is 4.98 Å². The molecule has 0 spiro atoms. The summed E-state index contributed by atoms with van der Waals surface area (Å²) in [4.78, 5) is 5.63. The Bertz CT molecular complexity index is 2460. The molecule has 4 aliphatic rings. The Morgan fingerprint density at radius 2 is 1.69 bits per heavy atom. The van der Waals surface area contributed by atoms with Crippen molar-refractivity contribution in [3.05, 3.63) is 131 Å². The number of rotatable bonds is 2. The summed E-state index contributed by atoms with van der Waals surface area (Å²) < 4.78 is 5.11. The van der Waals surface area contributed by atoms with E-state index < -0.39 is 0 Å². The number of benzene rings is 3. The van der Waals surface area contributed by atoms with Gasteiger partial charge in [0, 0.05) is 43.6 Å². The lowest BCUT2D eigenvalue weighted by Crippen LogP contribution is -2.31. The molecule has 0 saturated heterocycles. The summed E-state index contributed by atoms with van der Waals surface area (Å²) in [6.45, 7) is 12.4. The molecule has 0 amide bonds. The minimum Gasteiger partial charge on any atom is -0.297 e. The molecule has 2 nitrogen and oxygen atoms in total. The first kappa shape index (κ1) is 28.5. The SMILES string of the molecule is CC1C=Cc2c(ccc3c2c2c(n3-c3cc(-c4ccccc4)c4sc5ccccc5c4n3)C(C)C3C(=C2)C2(C)C=CC=CC2C3(C)C)C1. The number of fused-ring (bicyclic) bond motifs is 11. The van der Waals surface area contributed by atoms with E-state index >= 15 is 0 Å². The highest BCUT2D eigenvalue weighted by Gasteiger charge is 2.60. The van der Waals surface area contributed by atoms with Crippen LogP contribution in [0, 0.1) is 28.6 Å². The highest BCUT2D eigenvalue weighted by Crippen LogP contribution is 2.68. The largest absolute Gasteiger partial charge is 0.297 e. The average Bonchev–Trinajstić information content (AvgIpc) is 3.69. The van der Waals surface area contributed by atoms with E-state index in [2.05, 4.69) is 155 Å². The summed E-state index contributed by atoms with van der Waals surface area (Å²) in [5.41, 5.74) is 12.2. The number of hydrogen-bond donors (Lipinski definition) is 0. The van der Waals surface area contributed by atoms with Gasteiger partial charge in [0.05, 0.1) is 15.7 Å². The maximum Gasteiger partial charge on any atom is 0.138 e. The minimum atomic E-state index is 0.00964. The van der Waals surface area contributed by atoms with Gasteiger partial charge in [-0.2, -0.15) is 0 Å². The first-order valence-corrected chi connectivity index (χ1v) is 18.4. The predicted octanol–water partition coefficient (Wildman–Crippen LogP) is 12.2. The maximum absolute atomic E-state index is 5.63. The van der Waals surface area contributed by atoms with Gasteiger partial charge in [0.1, 0.15) is 5.82 Å². The molecule has 1 fully saturated rings. The van der Waals surface area contributed by atoms with Crippen LogP contribution in [-0.2, 0) is 6.42 Å². The van der Waals surface area contributed by atoms with Crippen molar-refractivity contribution in [2.75, 3.05) is 0 Å². The van der Waals surface area contributed by atoms with Gasteiger partial charge in [0.15, 0.2) is 0 Å². The molecule has 0 radical (unpaired) electrons. The van der Waals surface area contributed by atoms with Crippen LogP contribution in [0.3, 0.4) is 0 Å². The van der Waals surface area contributed by atoms with Crippen molar-refractivity contribution in [3.63, 3.8) is 0 Å². The van der Waals surface area contributed by atoms with Gasteiger partial charge in [0.25, 0.3) is 0 Å². The van der Waals surface area contributed by atoms with Crippen molar-refractivity contribution in [2.45, 2.75) is 47.0 Å². The van der Waals surface area contributed by atoms with E-state index in [-0.39, 0.29) is 10.8 Å². The topological polar surface area (TPSA) is 17.8 Å². The fourth-order valence-electron chi connectivity index (χ4n) is 10.4. The van der Waals surface area contributed by atoms with E-state index in [0.717, 1.165) is 17.8 Å². The molecule has 6 aromatic rings. The Morgan fingerprint density at radius 1 is 0.875 bits per heavy atom. The summed E-state index contributed by atoms with van der Waals surface area (Å²) in [5.74, 6) is 2.76. The Morgan fingerprint density at radius 3 is 2.54 bits per heavy atom. The van der Waals surface area contributed by atoms with Crippen LogP contribution in [-0.4, -0.2) is 9.55 Å². The van der Waals surface area contributed by atoms with E-state index in [1.807, 2.05) is 11.3 Å². The van der Waals surface area contributed by atoms with Crippen LogP contribution in [0.25, 0.3) is 60.3 Å². The average molecular weight is 641 g/mol. The van der Waals surface area contributed by atoms with Crippen molar-refractivity contribution in [1.29, 1.82) is 0 Å². The third kappa shape index (κ3) is 3.66. The van der Waals surface area contributed by atoms with Crippen LogP contribution in [0.1, 0.15) is 62.9 Å². The van der Waals surface area contributed by atoms with Crippen molar-refractivity contribution >= 4 is 54.7 Å². The van der Waals surface area contributed by atoms with Gasteiger partial charge in [-0.3, -0.25) is 4.57 Å². The van der Waals surface area contributed by atoms with E-state index in [0.29, 0.717) is 23.7 Å². The summed E-state index contributed by atoms with van der Waals surface area (Å²) >= 11 is 1.86. The Kier molecular flexibility index (Phi) is 5.82. The lowest BCUT2D eigenvalue weighted by atomic mass is 9.66. The molecule has 1 saturated carbocycles. The second kappa shape index (κ2) is 9.80. The van der Waals surface area contributed by atoms with Crippen LogP contribution in [0.4, 0.5) is 0 Å². The summed E-state index contributed by atoms with van der Waals surface area (Å²) in [6.07, 6.45) is 18.1. The molecule has 3 heterocycles. The number of pyridine rings is 1. The molecule has 3 aromatic heterocycles. The summed E-state index contributed by atoms with van der Waals surface area (Å²) in [6, 6.07) is 26.9. The lowest BCUT2D eigenvalue weighted by Gasteiger charge is -2.38. The lowest BCUT2D eigenvalue weighted by molar-refractivity contribution is 0.176. The molecular weight excluding hydrogens is 601 g/mol. The second-order valence-electron chi connectivity index (χ2n) is 15.6. The molecule has 0 aliphatic heterocycles. The van der Waals surface area contributed by atoms with Gasteiger partial charge in [-0.1, -0.05) is 137 Å². The number of aromatic nitrogens is 2. The zero-order valence-electron chi connectivity index (χ0n) is 28.3. The van der Waals surface area contributed by atoms with E-state index in [1.165, 1.54) is 59.2 Å². The first-order chi connectivity index (χ1) is 23.3. The van der Waals surface area contributed by atoms with Crippen LogP contribution < -0.4 is 0 Å². The molecule has 48 heavy (non-hydrogen) atoms. The number of thiophene rings is 1. The van der Waals surface area contributed by atoms with Crippen molar-refractivity contribution in [1.82, 2.24) is 9.55 Å². The molecule has 3 aromatic carbocycles. The number of nitrogens with zero attached hydrogens (tertiary/aromatic N) is 2. The standard InChI is InChI=1S/C45H40N2S/c1-26-18-20-30-29(23-26)19-21-35-39(30)33-24-34-40(44(3,4)37-17-11-12-22-45(34,37)5)27(2)42(33)47(35)38-25-32(28-13-7-6-8-14-28)43-41(46-38)31-15-9-10-16-36(31)48-43/h6-22,24-27,37,40H,23H2,1-5H3. The molecule has 236 valence electrons. The highest BCUT2D eigenvalue weighted by molar-refractivity contribution is 7.26. The van der Waals surface area contributed by atoms with Crippen molar-refractivity contribution in [2.24, 2.45) is 28.6 Å². The van der Waals surface area contributed by atoms with Crippen LogP contribution in [0.5, 0.6) is 0 Å². The second-order valence-corrected chi connectivity index (χ2v) is 16.6. The normalized spacial score (nSPS) is 26.5. The van der Waals surface area contributed by atoms with E-state index in [9.17, 15) is 0 Å². The van der Waals surface area contributed by atoms with Gasteiger partial charge in [-0.05, 0) is 64.5 Å². The van der Waals surface area contributed by atoms with Crippen molar-refractivity contribution < 1.29 is 0 Å². The van der Waals surface area contributed by atoms with Crippen LogP contribution in [0.15, 0.2) is 109 Å². The Labute approximate surface area is 286 Å². The molecule has 0 bridgehead atoms. The summed E-state index contributed by atoms with van der Waals surface area (Å²) in [7, 11) is 0. The molecule has 4 aliphatic carbocycles. The molecule has 5 unspecified atom stereocenters.